The number of nitrogens with zero attached hydrogens (tertiary/aromatic N) is 2. The Labute approximate surface area is 95.6 Å². The fraction of sp³-hybridized carbons (Fsp3) is 0.417. The van der Waals surface area contributed by atoms with Crippen molar-refractivity contribution in [2.24, 2.45) is 0 Å². The zero-order chi connectivity index (χ0) is 11.7. The summed E-state index contributed by atoms with van der Waals surface area (Å²) < 4.78 is 0. The molecule has 4 heteroatoms. The molecule has 1 aromatic carbocycles. The van der Waals surface area contributed by atoms with Gasteiger partial charge in [0, 0.05) is 25.3 Å². The van der Waals surface area contributed by atoms with Crippen LogP contribution in [0, 0.1) is 0 Å². The quantitative estimate of drug-likeness (QED) is 0.764. The molecule has 0 fully saturated rings. The summed E-state index contributed by atoms with van der Waals surface area (Å²) in [6, 6.07) is 5.66. The van der Waals surface area contributed by atoms with E-state index in [1.54, 1.807) is 6.07 Å². The van der Waals surface area contributed by atoms with Crippen molar-refractivity contribution in [3.8, 4) is 0 Å². The van der Waals surface area contributed by atoms with E-state index in [0.717, 1.165) is 18.7 Å². The van der Waals surface area contributed by atoms with E-state index in [0.29, 0.717) is 17.8 Å². The van der Waals surface area contributed by atoms with E-state index in [2.05, 4.69) is 4.90 Å². The van der Waals surface area contributed by atoms with Crippen LogP contribution in [0.2, 0.25) is 0 Å². The van der Waals surface area contributed by atoms with E-state index in [1.165, 1.54) is 0 Å². The number of benzene rings is 1. The zero-order valence-corrected chi connectivity index (χ0v) is 9.73. The molecule has 4 nitrogen and oxygen atoms in total. The summed E-state index contributed by atoms with van der Waals surface area (Å²) in [6.07, 6.45) is 0. The van der Waals surface area contributed by atoms with E-state index >= 15 is 0 Å². The maximum Gasteiger partial charge on any atom is 0.256 e. The summed E-state index contributed by atoms with van der Waals surface area (Å²) >= 11 is 0. The molecule has 0 saturated heterocycles. The van der Waals surface area contributed by atoms with Gasteiger partial charge in [-0.05, 0) is 25.7 Å². The normalized spacial score (nSPS) is 14.7. The van der Waals surface area contributed by atoms with Crippen LogP contribution in [0.3, 0.4) is 0 Å². The lowest BCUT2D eigenvalue weighted by Crippen LogP contribution is -2.32. The first-order valence-corrected chi connectivity index (χ1v) is 5.41. The van der Waals surface area contributed by atoms with Crippen LogP contribution in [0.25, 0.3) is 0 Å². The highest BCUT2D eigenvalue weighted by molar-refractivity contribution is 6.03. The third-order valence-electron chi connectivity index (χ3n) is 2.86. The van der Waals surface area contributed by atoms with Crippen LogP contribution in [0.15, 0.2) is 18.2 Å². The molecule has 1 aliphatic rings. The van der Waals surface area contributed by atoms with Gasteiger partial charge in [0.25, 0.3) is 5.91 Å². The minimum Gasteiger partial charge on any atom is -0.398 e. The molecular formula is C12H17N3O. The van der Waals surface area contributed by atoms with Gasteiger partial charge in [0.1, 0.15) is 0 Å². The molecule has 0 radical (unpaired) electrons. The predicted molar refractivity (Wildman–Crippen MR) is 64.1 cm³/mol. The van der Waals surface area contributed by atoms with Crippen LogP contribution in [0.4, 0.5) is 5.69 Å². The van der Waals surface area contributed by atoms with Crippen molar-refractivity contribution in [3.63, 3.8) is 0 Å². The molecule has 2 N–H and O–H groups in total. The molecule has 0 aliphatic carbocycles. The van der Waals surface area contributed by atoms with Crippen molar-refractivity contribution in [2.45, 2.75) is 6.54 Å². The average molecular weight is 219 g/mol. The molecule has 1 heterocycles. The van der Waals surface area contributed by atoms with Gasteiger partial charge in [0.15, 0.2) is 0 Å². The van der Waals surface area contributed by atoms with Crippen LogP contribution in [0.1, 0.15) is 15.9 Å². The number of carbonyl (C=O) groups is 1. The first-order valence-electron chi connectivity index (χ1n) is 5.41. The van der Waals surface area contributed by atoms with Crippen molar-refractivity contribution >= 4 is 11.6 Å². The minimum absolute atomic E-state index is 0.0648. The maximum atomic E-state index is 12.1. The third-order valence-corrected chi connectivity index (χ3v) is 2.86. The minimum atomic E-state index is 0.0648. The smallest absolute Gasteiger partial charge is 0.256 e. The number of amides is 1. The van der Waals surface area contributed by atoms with Crippen LogP contribution >= 0.6 is 0 Å². The van der Waals surface area contributed by atoms with Crippen molar-refractivity contribution < 1.29 is 4.79 Å². The molecule has 1 aromatic rings. The maximum absolute atomic E-state index is 12.1. The Morgan fingerprint density at radius 3 is 2.81 bits per heavy atom. The van der Waals surface area contributed by atoms with E-state index < -0.39 is 0 Å². The van der Waals surface area contributed by atoms with E-state index in [4.69, 9.17) is 5.73 Å². The Kier molecular flexibility index (Phi) is 2.83. The molecule has 0 atom stereocenters. The number of nitrogen functional groups attached to an aromatic ring is 1. The number of carbonyl (C=O) groups excluding carboxylic acids is 1. The molecule has 0 saturated carbocycles. The Morgan fingerprint density at radius 1 is 1.44 bits per heavy atom. The lowest BCUT2D eigenvalue weighted by atomic mass is 10.1. The number of hydrogen-bond acceptors (Lipinski definition) is 3. The van der Waals surface area contributed by atoms with Gasteiger partial charge in [-0.25, -0.2) is 0 Å². The van der Waals surface area contributed by atoms with Crippen molar-refractivity contribution in [1.29, 1.82) is 0 Å². The first-order chi connectivity index (χ1) is 7.59. The highest BCUT2D eigenvalue weighted by atomic mass is 16.2. The average Bonchev–Trinajstić information content (AvgIpc) is 2.54. The van der Waals surface area contributed by atoms with Gasteiger partial charge in [0.05, 0.1) is 5.56 Å². The highest BCUT2D eigenvalue weighted by Crippen LogP contribution is 2.26. The monoisotopic (exact) mass is 219 g/mol. The van der Waals surface area contributed by atoms with Crippen molar-refractivity contribution in [3.05, 3.63) is 29.3 Å². The molecule has 0 spiro atoms. The largest absolute Gasteiger partial charge is 0.398 e. The summed E-state index contributed by atoms with van der Waals surface area (Å²) in [5.74, 6) is 0.0648. The molecule has 16 heavy (non-hydrogen) atoms. The molecule has 2 rings (SSSR count). The second kappa shape index (κ2) is 4.14. The standard InChI is InChI=1S/C12H17N3O/c1-14(2)6-7-15-8-9-4-3-5-10(13)11(9)12(15)16/h3-5H,6-8,13H2,1-2H3. The SMILES string of the molecule is CN(C)CCN1Cc2cccc(N)c2C1=O. The summed E-state index contributed by atoms with van der Waals surface area (Å²) in [4.78, 5) is 16.0. The van der Waals surface area contributed by atoms with Gasteiger partial charge in [-0.2, -0.15) is 0 Å². The van der Waals surface area contributed by atoms with Crippen LogP contribution in [-0.2, 0) is 6.54 Å². The van der Waals surface area contributed by atoms with Gasteiger partial charge in [-0.15, -0.1) is 0 Å². The Morgan fingerprint density at radius 2 is 2.19 bits per heavy atom. The summed E-state index contributed by atoms with van der Waals surface area (Å²) in [7, 11) is 4.00. The van der Waals surface area contributed by atoms with Crippen molar-refractivity contribution in [2.75, 3.05) is 32.9 Å². The Bertz CT molecular complexity index is 415. The van der Waals surface area contributed by atoms with Crippen molar-refractivity contribution in [1.82, 2.24) is 9.80 Å². The first kappa shape index (κ1) is 11.0. The summed E-state index contributed by atoms with van der Waals surface area (Å²) in [5, 5.41) is 0. The lowest BCUT2D eigenvalue weighted by molar-refractivity contribution is 0.0769. The summed E-state index contributed by atoms with van der Waals surface area (Å²) in [6.45, 7) is 2.31. The molecular weight excluding hydrogens is 202 g/mol. The molecule has 0 bridgehead atoms. The highest BCUT2D eigenvalue weighted by Gasteiger charge is 2.28. The fourth-order valence-corrected chi connectivity index (χ4v) is 1.95. The molecule has 1 amide bonds. The van der Waals surface area contributed by atoms with E-state index in [9.17, 15) is 4.79 Å². The van der Waals surface area contributed by atoms with Crippen LogP contribution in [-0.4, -0.2) is 42.9 Å². The predicted octanol–water partition coefficient (Wildman–Crippen LogP) is 0.786. The van der Waals surface area contributed by atoms with Gasteiger partial charge >= 0.3 is 0 Å². The number of likely N-dealkylation sites (N-methyl/N-ethyl adjacent to an activating group) is 1. The second-order valence-electron chi connectivity index (χ2n) is 4.41. The van der Waals surface area contributed by atoms with Crippen LogP contribution < -0.4 is 5.73 Å². The third kappa shape index (κ3) is 1.88. The van der Waals surface area contributed by atoms with E-state index in [1.807, 2.05) is 31.1 Å². The zero-order valence-electron chi connectivity index (χ0n) is 9.73. The molecule has 86 valence electrons. The van der Waals surface area contributed by atoms with Gasteiger partial charge in [0.2, 0.25) is 0 Å². The topological polar surface area (TPSA) is 49.6 Å². The lowest BCUT2D eigenvalue weighted by Gasteiger charge is -2.18. The Hall–Kier alpha value is -1.55. The van der Waals surface area contributed by atoms with Crippen LogP contribution in [0.5, 0.6) is 0 Å². The number of anilines is 1. The molecule has 0 aromatic heterocycles. The number of fused-ring (bicyclic) bond motifs is 1. The van der Waals surface area contributed by atoms with Gasteiger partial charge < -0.3 is 15.5 Å². The molecule has 0 unspecified atom stereocenters. The number of hydrogen-bond donors (Lipinski definition) is 1. The summed E-state index contributed by atoms with van der Waals surface area (Å²) in [5.41, 5.74) is 8.16. The fourth-order valence-electron chi connectivity index (χ4n) is 1.95. The van der Waals surface area contributed by atoms with E-state index in [-0.39, 0.29) is 5.91 Å². The second-order valence-corrected chi connectivity index (χ2v) is 4.41. The van der Waals surface area contributed by atoms with Gasteiger partial charge in [-0.1, -0.05) is 12.1 Å². The number of rotatable bonds is 3. The van der Waals surface area contributed by atoms with Gasteiger partial charge in [-0.3, -0.25) is 4.79 Å². The Balaban J connectivity index is 2.15. The number of nitrogens with two attached hydrogens (primary N) is 1. The molecule has 1 aliphatic heterocycles.